The highest BCUT2D eigenvalue weighted by Crippen LogP contribution is 2.29. The lowest BCUT2D eigenvalue weighted by atomic mass is 9.94. The maximum Gasteiger partial charge on any atom is 0.222 e. The van der Waals surface area contributed by atoms with Gasteiger partial charge in [-0.2, -0.15) is 0 Å². The van der Waals surface area contributed by atoms with Crippen LogP contribution >= 0.6 is 0 Å². The fourth-order valence-electron chi connectivity index (χ4n) is 4.89. The summed E-state index contributed by atoms with van der Waals surface area (Å²) in [7, 11) is 4.20. The Morgan fingerprint density at radius 2 is 1.79 bits per heavy atom. The molecule has 1 amide bonds. The van der Waals surface area contributed by atoms with Crippen LogP contribution in [0.25, 0.3) is 0 Å². The fourth-order valence-corrected chi connectivity index (χ4v) is 4.89. The van der Waals surface area contributed by atoms with Gasteiger partial charge in [-0.1, -0.05) is 30.3 Å². The van der Waals surface area contributed by atoms with E-state index in [0.717, 1.165) is 32.5 Å². The maximum absolute atomic E-state index is 12.7. The number of amides is 1. The molecular formula is C25H39N3O. The zero-order valence-electron chi connectivity index (χ0n) is 18.5. The van der Waals surface area contributed by atoms with E-state index in [0.29, 0.717) is 24.3 Å². The first-order valence-corrected chi connectivity index (χ1v) is 11.4. The predicted octanol–water partition coefficient (Wildman–Crippen LogP) is 3.61. The largest absolute Gasteiger partial charge is 0.342 e. The van der Waals surface area contributed by atoms with E-state index in [9.17, 15) is 4.79 Å². The quantitative estimate of drug-likeness (QED) is 0.564. The van der Waals surface area contributed by atoms with Crippen LogP contribution in [0.4, 0.5) is 0 Å². The molecule has 4 nitrogen and oxygen atoms in total. The third-order valence-corrected chi connectivity index (χ3v) is 6.62. The second-order valence-corrected chi connectivity index (χ2v) is 9.13. The van der Waals surface area contributed by atoms with Crippen molar-refractivity contribution in [1.29, 1.82) is 0 Å². The standard InChI is InChI=1S/C25H39N3O/c1-4-5-11-25(29)28(15-8-14-26(2)3)20-21-12-16-27(17-13-21)24-18-22-9-6-7-10-23(22)19-24/h4,6-7,9-10,21,24H,1,5,8,11-20H2,2-3H3. The van der Waals surface area contributed by atoms with E-state index in [1.807, 2.05) is 6.08 Å². The Kier molecular flexibility index (Phi) is 8.31. The number of hydrogen-bond acceptors (Lipinski definition) is 3. The van der Waals surface area contributed by atoms with Gasteiger partial charge in [0, 0.05) is 25.6 Å². The molecule has 1 aliphatic heterocycles. The average molecular weight is 398 g/mol. The second-order valence-electron chi connectivity index (χ2n) is 9.13. The Balaban J connectivity index is 1.47. The van der Waals surface area contributed by atoms with Gasteiger partial charge >= 0.3 is 0 Å². The van der Waals surface area contributed by atoms with Crippen molar-refractivity contribution in [2.75, 3.05) is 46.8 Å². The van der Waals surface area contributed by atoms with Crippen LogP contribution < -0.4 is 0 Å². The minimum Gasteiger partial charge on any atom is -0.342 e. The number of carbonyl (C=O) groups excluding carboxylic acids is 1. The molecule has 2 aliphatic rings. The summed E-state index contributed by atoms with van der Waals surface area (Å²) in [5, 5.41) is 0. The molecule has 0 N–H and O–H groups in total. The second kappa shape index (κ2) is 10.9. The van der Waals surface area contributed by atoms with E-state index in [1.165, 1.54) is 38.8 Å². The Labute approximate surface area is 177 Å². The third-order valence-electron chi connectivity index (χ3n) is 6.62. The van der Waals surface area contributed by atoms with Crippen LogP contribution in [-0.4, -0.2) is 73.5 Å². The van der Waals surface area contributed by atoms with E-state index in [4.69, 9.17) is 0 Å². The summed E-state index contributed by atoms with van der Waals surface area (Å²) in [6.07, 6.45) is 9.13. The highest BCUT2D eigenvalue weighted by molar-refractivity contribution is 5.76. The summed E-state index contributed by atoms with van der Waals surface area (Å²) in [4.78, 5) is 19.7. The van der Waals surface area contributed by atoms with Crippen LogP contribution in [0, 0.1) is 5.92 Å². The van der Waals surface area contributed by atoms with Crippen molar-refractivity contribution in [2.45, 2.75) is 51.0 Å². The number of allylic oxidation sites excluding steroid dienone is 1. The summed E-state index contributed by atoms with van der Waals surface area (Å²) >= 11 is 0. The number of fused-ring (bicyclic) bond motifs is 1. The van der Waals surface area contributed by atoms with E-state index in [1.54, 1.807) is 11.1 Å². The van der Waals surface area contributed by atoms with Crippen molar-refractivity contribution in [1.82, 2.24) is 14.7 Å². The van der Waals surface area contributed by atoms with Gasteiger partial charge in [0.05, 0.1) is 0 Å². The van der Waals surface area contributed by atoms with Gasteiger partial charge in [0.2, 0.25) is 5.91 Å². The van der Waals surface area contributed by atoms with Crippen molar-refractivity contribution < 1.29 is 4.79 Å². The third kappa shape index (κ3) is 6.42. The summed E-state index contributed by atoms with van der Waals surface area (Å²) < 4.78 is 0. The average Bonchev–Trinajstić information content (AvgIpc) is 3.15. The SMILES string of the molecule is C=CCCC(=O)N(CCCN(C)C)CC1CCN(C2Cc3ccccc3C2)CC1. The van der Waals surface area contributed by atoms with Crippen molar-refractivity contribution in [3.8, 4) is 0 Å². The fraction of sp³-hybridized carbons (Fsp3) is 0.640. The summed E-state index contributed by atoms with van der Waals surface area (Å²) in [6.45, 7) is 8.97. The molecule has 29 heavy (non-hydrogen) atoms. The molecule has 1 aromatic rings. The number of nitrogens with zero attached hydrogens (tertiary/aromatic N) is 3. The molecular weight excluding hydrogens is 358 g/mol. The van der Waals surface area contributed by atoms with Gasteiger partial charge in [0.1, 0.15) is 0 Å². The lowest BCUT2D eigenvalue weighted by Gasteiger charge is -2.38. The van der Waals surface area contributed by atoms with Crippen LogP contribution in [0.15, 0.2) is 36.9 Å². The Hall–Kier alpha value is -1.65. The zero-order chi connectivity index (χ0) is 20.6. The summed E-state index contributed by atoms with van der Waals surface area (Å²) in [5.41, 5.74) is 3.08. The molecule has 1 saturated heterocycles. The lowest BCUT2D eigenvalue weighted by molar-refractivity contribution is -0.132. The molecule has 0 radical (unpaired) electrons. The van der Waals surface area contributed by atoms with E-state index in [-0.39, 0.29) is 0 Å². The Morgan fingerprint density at radius 3 is 2.38 bits per heavy atom. The number of carbonyl (C=O) groups is 1. The molecule has 1 heterocycles. The van der Waals surface area contributed by atoms with Crippen LogP contribution in [0.5, 0.6) is 0 Å². The molecule has 1 fully saturated rings. The lowest BCUT2D eigenvalue weighted by Crippen LogP contribution is -2.45. The molecule has 0 spiro atoms. The predicted molar refractivity (Wildman–Crippen MR) is 121 cm³/mol. The topological polar surface area (TPSA) is 26.8 Å². The minimum atomic E-state index is 0.303. The number of benzene rings is 1. The molecule has 160 valence electrons. The molecule has 0 bridgehead atoms. The number of rotatable bonds is 10. The van der Waals surface area contributed by atoms with Gasteiger partial charge in [-0.05, 0) is 89.3 Å². The van der Waals surface area contributed by atoms with Crippen molar-refractivity contribution >= 4 is 5.91 Å². The maximum atomic E-state index is 12.7. The van der Waals surface area contributed by atoms with Gasteiger partial charge in [-0.25, -0.2) is 0 Å². The molecule has 4 heteroatoms. The highest BCUT2D eigenvalue weighted by Gasteiger charge is 2.30. The van der Waals surface area contributed by atoms with Gasteiger partial charge in [-0.15, -0.1) is 6.58 Å². The zero-order valence-corrected chi connectivity index (χ0v) is 18.5. The van der Waals surface area contributed by atoms with Crippen LogP contribution in [0.3, 0.4) is 0 Å². The van der Waals surface area contributed by atoms with Crippen LogP contribution in [-0.2, 0) is 17.6 Å². The Morgan fingerprint density at radius 1 is 1.14 bits per heavy atom. The van der Waals surface area contributed by atoms with Crippen molar-refractivity contribution in [2.24, 2.45) is 5.92 Å². The summed E-state index contributed by atoms with van der Waals surface area (Å²) in [6, 6.07) is 9.60. The van der Waals surface area contributed by atoms with Crippen molar-refractivity contribution in [3.63, 3.8) is 0 Å². The monoisotopic (exact) mass is 397 g/mol. The molecule has 0 unspecified atom stereocenters. The van der Waals surface area contributed by atoms with E-state index < -0.39 is 0 Å². The molecule has 0 aromatic heterocycles. The van der Waals surface area contributed by atoms with Crippen molar-refractivity contribution in [3.05, 3.63) is 48.0 Å². The molecule has 1 aliphatic carbocycles. The number of hydrogen-bond donors (Lipinski definition) is 0. The molecule has 3 rings (SSSR count). The van der Waals surface area contributed by atoms with Crippen LogP contribution in [0.1, 0.15) is 43.2 Å². The minimum absolute atomic E-state index is 0.303. The normalized spacial score (nSPS) is 18.2. The van der Waals surface area contributed by atoms with Crippen LogP contribution in [0.2, 0.25) is 0 Å². The first-order valence-electron chi connectivity index (χ1n) is 11.4. The van der Waals surface area contributed by atoms with Gasteiger partial charge in [0.25, 0.3) is 0 Å². The van der Waals surface area contributed by atoms with E-state index >= 15 is 0 Å². The molecule has 0 saturated carbocycles. The number of piperidine rings is 1. The summed E-state index contributed by atoms with van der Waals surface area (Å²) in [5.74, 6) is 0.944. The van der Waals surface area contributed by atoms with Gasteiger partial charge < -0.3 is 9.80 Å². The molecule has 0 atom stereocenters. The first kappa shape index (κ1) is 22.0. The first-order chi connectivity index (χ1) is 14.1. The Bertz CT molecular complexity index is 639. The van der Waals surface area contributed by atoms with E-state index in [2.05, 4.69) is 59.6 Å². The molecule has 1 aromatic carbocycles. The number of likely N-dealkylation sites (tertiary alicyclic amines) is 1. The smallest absolute Gasteiger partial charge is 0.222 e. The van der Waals surface area contributed by atoms with Gasteiger partial charge in [-0.3, -0.25) is 9.69 Å². The highest BCUT2D eigenvalue weighted by atomic mass is 16.2. The van der Waals surface area contributed by atoms with Gasteiger partial charge in [0.15, 0.2) is 0 Å².